The first-order valence-electron chi connectivity index (χ1n) is 12.7. The maximum Gasteiger partial charge on any atom is 0.343 e. The van der Waals surface area contributed by atoms with E-state index in [1.54, 1.807) is 79.9 Å². The average Bonchev–Trinajstić information content (AvgIpc) is 3.49. The molecule has 2 amide bonds. The number of nitrogens with zero attached hydrogens (tertiary/aromatic N) is 2. The first-order chi connectivity index (χ1) is 20.5. The van der Waals surface area contributed by atoms with Crippen molar-refractivity contribution in [2.24, 2.45) is 0 Å². The Bertz CT molecular complexity index is 1750. The van der Waals surface area contributed by atoms with Crippen molar-refractivity contribution in [3.8, 4) is 22.1 Å². The zero-order valence-electron chi connectivity index (χ0n) is 22.3. The quantitative estimate of drug-likeness (QED) is 0.119. The highest BCUT2D eigenvalue weighted by Gasteiger charge is 2.16. The van der Waals surface area contributed by atoms with Crippen molar-refractivity contribution >= 4 is 46.0 Å². The molecule has 0 unspecified atom stereocenters. The number of anilines is 2. The molecule has 4 aromatic carbocycles. The second kappa shape index (κ2) is 13.2. The van der Waals surface area contributed by atoms with E-state index < -0.39 is 17.8 Å². The third-order valence-electron chi connectivity index (χ3n) is 5.96. The second-order valence-corrected chi connectivity index (χ2v) is 9.73. The number of esters is 1. The van der Waals surface area contributed by atoms with Gasteiger partial charge in [-0.1, -0.05) is 59.9 Å². The summed E-state index contributed by atoms with van der Waals surface area (Å²) < 4.78 is 10.7. The maximum absolute atomic E-state index is 13.1. The van der Waals surface area contributed by atoms with Gasteiger partial charge < -0.3 is 14.8 Å². The van der Waals surface area contributed by atoms with Gasteiger partial charge in [-0.25, -0.2) is 4.79 Å². The normalized spacial score (nSPS) is 10.7. The summed E-state index contributed by atoms with van der Waals surface area (Å²) in [7, 11) is 1.59. The molecule has 0 saturated carbocycles. The summed E-state index contributed by atoms with van der Waals surface area (Å²) in [5.74, 6) is -0.405. The molecule has 0 atom stereocenters. The molecule has 0 aliphatic carbocycles. The Labute approximate surface area is 245 Å². The van der Waals surface area contributed by atoms with Crippen molar-refractivity contribution < 1.29 is 23.9 Å². The molecule has 0 aliphatic rings. The number of carbonyl (C=O) groups excluding carboxylic acids is 3. The first kappa shape index (κ1) is 27.9. The number of methoxy groups -OCH3 is 1. The van der Waals surface area contributed by atoms with Gasteiger partial charge in [-0.2, -0.15) is 0 Å². The van der Waals surface area contributed by atoms with Crippen LogP contribution in [-0.4, -0.2) is 35.1 Å². The molecule has 0 bridgehead atoms. The summed E-state index contributed by atoms with van der Waals surface area (Å²) in [6.45, 7) is 0. The van der Waals surface area contributed by atoms with Gasteiger partial charge in [-0.05, 0) is 60.7 Å². The van der Waals surface area contributed by atoms with Crippen molar-refractivity contribution in [3.63, 3.8) is 0 Å². The molecule has 5 rings (SSSR count). The van der Waals surface area contributed by atoms with Crippen LogP contribution in [0, 0.1) is 0 Å². The molecular weight excluding hydrogens is 552 g/mol. The lowest BCUT2D eigenvalue weighted by Crippen LogP contribution is -2.17. The van der Waals surface area contributed by atoms with E-state index in [1.807, 2.05) is 30.3 Å². The van der Waals surface area contributed by atoms with Crippen LogP contribution < -0.4 is 20.1 Å². The van der Waals surface area contributed by atoms with E-state index in [0.717, 1.165) is 11.3 Å². The summed E-state index contributed by atoms with van der Waals surface area (Å²) in [5.41, 5.74) is 2.34. The minimum absolute atomic E-state index is 0.248. The Balaban J connectivity index is 1.25. The molecule has 0 saturated heterocycles. The first-order valence-corrected chi connectivity index (χ1v) is 13.6. The molecule has 9 nitrogen and oxygen atoms in total. The molecule has 208 valence electrons. The molecule has 1 aromatic heterocycles. The Morgan fingerprint density at radius 3 is 2.29 bits per heavy atom. The van der Waals surface area contributed by atoms with Crippen LogP contribution in [0.1, 0.15) is 26.3 Å². The highest BCUT2D eigenvalue weighted by atomic mass is 32.1. The average molecular weight is 577 g/mol. The van der Waals surface area contributed by atoms with E-state index in [1.165, 1.54) is 23.5 Å². The maximum atomic E-state index is 13.1. The van der Waals surface area contributed by atoms with E-state index in [2.05, 4.69) is 20.8 Å². The predicted molar refractivity (Wildman–Crippen MR) is 162 cm³/mol. The van der Waals surface area contributed by atoms with Crippen molar-refractivity contribution in [2.45, 2.75) is 0 Å². The van der Waals surface area contributed by atoms with Gasteiger partial charge in [-0.3, -0.25) is 14.9 Å². The summed E-state index contributed by atoms with van der Waals surface area (Å²) in [6, 6.07) is 29.5. The van der Waals surface area contributed by atoms with Gasteiger partial charge in [-0.15, -0.1) is 10.2 Å². The Kier molecular flexibility index (Phi) is 8.76. The lowest BCUT2D eigenvalue weighted by Gasteiger charge is -2.09. The molecule has 0 spiro atoms. The Hall–Kier alpha value is -5.61. The van der Waals surface area contributed by atoms with Gasteiger partial charge in [0.05, 0.1) is 23.9 Å². The van der Waals surface area contributed by atoms with Crippen LogP contribution in [0.4, 0.5) is 10.8 Å². The summed E-state index contributed by atoms with van der Waals surface area (Å²) >= 11 is 1.22. The van der Waals surface area contributed by atoms with Gasteiger partial charge in [0.1, 0.15) is 16.5 Å². The van der Waals surface area contributed by atoms with Crippen molar-refractivity contribution in [1.82, 2.24) is 10.2 Å². The van der Waals surface area contributed by atoms with Crippen LogP contribution in [-0.2, 0) is 4.79 Å². The molecule has 0 radical (unpaired) electrons. The van der Waals surface area contributed by atoms with Gasteiger partial charge >= 0.3 is 5.97 Å². The van der Waals surface area contributed by atoms with E-state index in [4.69, 9.17) is 9.47 Å². The fraction of sp³-hybridized carbons (Fsp3) is 0.0312. The number of amides is 2. The fourth-order valence-corrected chi connectivity index (χ4v) is 4.61. The van der Waals surface area contributed by atoms with E-state index in [0.29, 0.717) is 32.7 Å². The van der Waals surface area contributed by atoms with Crippen LogP contribution in [0.15, 0.2) is 109 Å². The number of nitrogens with one attached hydrogen (secondary N) is 2. The fourth-order valence-electron chi connectivity index (χ4n) is 3.86. The van der Waals surface area contributed by atoms with E-state index >= 15 is 0 Å². The summed E-state index contributed by atoms with van der Waals surface area (Å²) in [6.07, 6.45) is 2.84. The van der Waals surface area contributed by atoms with E-state index in [-0.39, 0.29) is 5.56 Å². The topological polar surface area (TPSA) is 120 Å². The molecular formula is C32H24N4O5S. The third-order valence-corrected chi connectivity index (χ3v) is 6.85. The molecule has 10 heteroatoms. The minimum atomic E-state index is -0.507. The lowest BCUT2D eigenvalue weighted by molar-refractivity contribution is -0.111. The zero-order chi connectivity index (χ0) is 29.3. The molecule has 0 fully saturated rings. The second-order valence-electron chi connectivity index (χ2n) is 8.76. The third kappa shape index (κ3) is 6.93. The van der Waals surface area contributed by atoms with Crippen molar-refractivity contribution in [2.75, 3.05) is 17.7 Å². The summed E-state index contributed by atoms with van der Waals surface area (Å²) in [5, 5.41) is 14.7. The summed E-state index contributed by atoms with van der Waals surface area (Å²) in [4.78, 5) is 38.4. The number of para-hydroxylation sites is 2. The standard InChI is InChI=1S/C32H24N4O5S/c1-40-24-18-15-22(16-19-24)30-35-36-32(42-30)34-29(38)25-12-6-7-13-26(25)33-28(37)20-17-21-9-5-8-14-27(21)41-31(39)23-10-3-2-4-11-23/h2-20H,1H3,(H,33,37)(H,34,36,38)/b20-17+. The zero-order valence-corrected chi connectivity index (χ0v) is 23.1. The van der Waals surface area contributed by atoms with Crippen LogP contribution in [0.3, 0.4) is 0 Å². The highest BCUT2D eigenvalue weighted by Crippen LogP contribution is 2.28. The predicted octanol–water partition coefficient (Wildman–Crippen LogP) is 6.34. The minimum Gasteiger partial charge on any atom is -0.497 e. The van der Waals surface area contributed by atoms with Gasteiger partial charge in [0.15, 0.2) is 0 Å². The van der Waals surface area contributed by atoms with Crippen molar-refractivity contribution in [1.29, 1.82) is 0 Å². The van der Waals surface area contributed by atoms with Crippen molar-refractivity contribution in [3.05, 3.63) is 126 Å². The molecule has 5 aromatic rings. The van der Waals surface area contributed by atoms with Gasteiger partial charge in [0.25, 0.3) is 5.91 Å². The number of carbonyl (C=O) groups is 3. The van der Waals surface area contributed by atoms with Gasteiger partial charge in [0, 0.05) is 17.2 Å². The number of rotatable bonds is 9. The lowest BCUT2D eigenvalue weighted by atomic mass is 10.1. The highest BCUT2D eigenvalue weighted by molar-refractivity contribution is 7.18. The number of hydrogen-bond donors (Lipinski definition) is 2. The number of aromatic nitrogens is 2. The number of benzene rings is 4. The monoisotopic (exact) mass is 576 g/mol. The Morgan fingerprint density at radius 1 is 0.786 bits per heavy atom. The molecule has 42 heavy (non-hydrogen) atoms. The van der Waals surface area contributed by atoms with Crippen LogP contribution in [0.5, 0.6) is 11.5 Å². The van der Waals surface area contributed by atoms with Crippen LogP contribution >= 0.6 is 11.3 Å². The number of ether oxygens (including phenoxy) is 2. The smallest absolute Gasteiger partial charge is 0.343 e. The van der Waals surface area contributed by atoms with Crippen LogP contribution in [0.25, 0.3) is 16.6 Å². The van der Waals surface area contributed by atoms with Crippen LogP contribution in [0.2, 0.25) is 0 Å². The number of hydrogen-bond acceptors (Lipinski definition) is 8. The van der Waals surface area contributed by atoms with E-state index in [9.17, 15) is 14.4 Å². The largest absolute Gasteiger partial charge is 0.497 e. The molecule has 1 heterocycles. The Morgan fingerprint density at radius 2 is 1.50 bits per heavy atom. The van der Waals surface area contributed by atoms with Gasteiger partial charge in [0.2, 0.25) is 11.0 Å². The molecule has 2 N–H and O–H groups in total. The SMILES string of the molecule is COc1ccc(-c2nnc(NC(=O)c3ccccc3NC(=O)/C=C/c3ccccc3OC(=O)c3ccccc3)s2)cc1. The molecule has 0 aliphatic heterocycles.